The fourth-order valence-electron chi connectivity index (χ4n) is 3.08. The van der Waals surface area contributed by atoms with Gasteiger partial charge in [0, 0.05) is 18.8 Å². The summed E-state index contributed by atoms with van der Waals surface area (Å²) in [6, 6.07) is 4.40. The molecular formula is C16H25N3O. The molecule has 1 aromatic heterocycles. The van der Waals surface area contributed by atoms with Crippen LogP contribution in [0.5, 0.6) is 0 Å². The number of aromatic nitrogens is 1. The molecule has 4 nitrogen and oxygen atoms in total. The molecule has 0 bridgehead atoms. The van der Waals surface area contributed by atoms with E-state index in [2.05, 4.69) is 21.4 Å². The minimum Gasteiger partial charge on any atom is -0.351 e. The molecule has 2 N–H and O–H groups in total. The molecule has 0 aromatic carbocycles. The molecule has 2 fully saturated rings. The van der Waals surface area contributed by atoms with Crippen LogP contribution < -0.4 is 10.6 Å². The highest BCUT2D eigenvalue weighted by Crippen LogP contribution is 2.33. The van der Waals surface area contributed by atoms with Gasteiger partial charge in [0.15, 0.2) is 0 Å². The van der Waals surface area contributed by atoms with Gasteiger partial charge in [-0.25, -0.2) is 0 Å². The molecule has 4 heteroatoms. The highest BCUT2D eigenvalue weighted by Gasteiger charge is 2.21. The Morgan fingerprint density at radius 2 is 2.10 bits per heavy atom. The van der Waals surface area contributed by atoms with Crippen molar-refractivity contribution in [2.45, 2.75) is 44.6 Å². The summed E-state index contributed by atoms with van der Waals surface area (Å²) in [6.45, 7) is 2.91. The summed E-state index contributed by atoms with van der Waals surface area (Å²) in [4.78, 5) is 12.3. The second kappa shape index (κ2) is 6.44. The second-order valence-electron chi connectivity index (χ2n) is 6.12. The summed E-state index contributed by atoms with van der Waals surface area (Å²) in [7, 11) is 0. The molecular weight excluding hydrogens is 250 g/mol. The number of hydrogen-bond acceptors (Lipinski definition) is 2. The van der Waals surface area contributed by atoms with Crippen LogP contribution in [0.4, 0.5) is 0 Å². The van der Waals surface area contributed by atoms with Crippen LogP contribution in [0.15, 0.2) is 18.3 Å². The highest BCUT2D eigenvalue weighted by atomic mass is 16.1. The average molecular weight is 275 g/mol. The molecule has 110 valence electrons. The monoisotopic (exact) mass is 275 g/mol. The molecule has 20 heavy (non-hydrogen) atoms. The summed E-state index contributed by atoms with van der Waals surface area (Å²) in [6.07, 6.45) is 9.45. The van der Waals surface area contributed by atoms with E-state index in [1.165, 1.54) is 19.3 Å². The maximum atomic E-state index is 12.3. The molecule has 1 aliphatic carbocycles. The predicted octanol–water partition coefficient (Wildman–Crippen LogP) is 2.33. The molecule has 1 aliphatic heterocycles. The maximum Gasteiger partial charge on any atom is 0.267 e. The van der Waals surface area contributed by atoms with E-state index in [0.29, 0.717) is 6.04 Å². The van der Waals surface area contributed by atoms with Crippen LogP contribution in [-0.2, 0) is 0 Å². The van der Waals surface area contributed by atoms with Gasteiger partial charge in [0.1, 0.15) is 5.69 Å². The van der Waals surface area contributed by atoms with Crippen molar-refractivity contribution in [2.24, 2.45) is 5.92 Å². The quantitative estimate of drug-likeness (QED) is 0.783. The maximum absolute atomic E-state index is 12.3. The number of nitrogens with zero attached hydrogens (tertiary/aromatic N) is 1. The third-order valence-corrected chi connectivity index (χ3v) is 4.49. The van der Waals surface area contributed by atoms with Crippen molar-refractivity contribution in [3.8, 4) is 0 Å². The lowest BCUT2D eigenvalue weighted by molar-refractivity contribution is 0.0940. The van der Waals surface area contributed by atoms with Gasteiger partial charge in [-0.1, -0.05) is 12.8 Å². The van der Waals surface area contributed by atoms with E-state index in [9.17, 15) is 4.79 Å². The van der Waals surface area contributed by atoms with Crippen LogP contribution in [0.1, 0.15) is 55.1 Å². The van der Waals surface area contributed by atoms with E-state index >= 15 is 0 Å². The van der Waals surface area contributed by atoms with Crippen LogP contribution in [0.25, 0.3) is 0 Å². The SMILES string of the molecule is O=C(NCCCC1CC1)c1cccn1C1CCNCC1. The van der Waals surface area contributed by atoms with Crippen LogP contribution in [0.3, 0.4) is 0 Å². The number of nitrogens with one attached hydrogen (secondary N) is 2. The standard InChI is InChI=1S/C16H25N3O/c20-16(18-9-1-3-13-5-6-13)15-4-2-12-19(15)14-7-10-17-11-8-14/h2,4,12-14,17H,1,3,5-11H2,(H,18,20). The molecule has 1 amide bonds. The van der Waals surface area contributed by atoms with Crippen LogP contribution >= 0.6 is 0 Å². The first-order chi connectivity index (χ1) is 9.84. The van der Waals surface area contributed by atoms with E-state index in [-0.39, 0.29) is 5.91 Å². The minimum absolute atomic E-state index is 0.0873. The van der Waals surface area contributed by atoms with E-state index in [1.807, 2.05) is 12.1 Å². The van der Waals surface area contributed by atoms with Gasteiger partial charge in [-0.15, -0.1) is 0 Å². The van der Waals surface area contributed by atoms with Crippen LogP contribution in [0.2, 0.25) is 0 Å². The van der Waals surface area contributed by atoms with Gasteiger partial charge >= 0.3 is 0 Å². The Labute approximate surface area is 120 Å². The predicted molar refractivity (Wildman–Crippen MR) is 79.9 cm³/mol. The first-order valence-corrected chi connectivity index (χ1v) is 8.00. The van der Waals surface area contributed by atoms with Crippen molar-refractivity contribution >= 4 is 5.91 Å². The van der Waals surface area contributed by atoms with Crippen molar-refractivity contribution in [3.63, 3.8) is 0 Å². The van der Waals surface area contributed by atoms with Gasteiger partial charge in [-0.05, 0) is 56.8 Å². The molecule has 1 saturated heterocycles. The molecule has 3 rings (SSSR count). The first-order valence-electron chi connectivity index (χ1n) is 8.00. The Hall–Kier alpha value is -1.29. The van der Waals surface area contributed by atoms with Crippen molar-refractivity contribution in [2.75, 3.05) is 19.6 Å². The number of hydrogen-bond donors (Lipinski definition) is 2. The molecule has 0 unspecified atom stereocenters. The summed E-state index contributed by atoms with van der Waals surface area (Å²) < 4.78 is 2.16. The molecule has 0 radical (unpaired) electrons. The van der Waals surface area contributed by atoms with Gasteiger partial charge in [-0.2, -0.15) is 0 Å². The molecule has 0 spiro atoms. The van der Waals surface area contributed by atoms with Crippen molar-refractivity contribution in [3.05, 3.63) is 24.0 Å². The van der Waals surface area contributed by atoms with Gasteiger partial charge in [0.2, 0.25) is 0 Å². The third kappa shape index (κ3) is 3.42. The lowest BCUT2D eigenvalue weighted by atomic mass is 10.1. The zero-order valence-corrected chi connectivity index (χ0v) is 12.1. The molecule has 0 atom stereocenters. The first kappa shape index (κ1) is 13.7. The third-order valence-electron chi connectivity index (χ3n) is 4.49. The van der Waals surface area contributed by atoms with E-state index in [4.69, 9.17) is 0 Å². The van der Waals surface area contributed by atoms with Gasteiger partial charge in [0.05, 0.1) is 0 Å². The number of amides is 1. The number of piperidine rings is 1. The van der Waals surface area contributed by atoms with Crippen molar-refractivity contribution in [1.29, 1.82) is 0 Å². The molecule has 1 saturated carbocycles. The summed E-state index contributed by atoms with van der Waals surface area (Å²) in [5.41, 5.74) is 0.823. The van der Waals surface area contributed by atoms with E-state index in [0.717, 1.165) is 50.5 Å². The zero-order chi connectivity index (χ0) is 13.8. The molecule has 2 aliphatic rings. The number of carbonyl (C=O) groups is 1. The van der Waals surface area contributed by atoms with E-state index < -0.39 is 0 Å². The number of rotatable bonds is 6. The number of carbonyl (C=O) groups excluding carboxylic acids is 1. The van der Waals surface area contributed by atoms with E-state index in [1.54, 1.807) is 0 Å². The van der Waals surface area contributed by atoms with Crippen LogP contribution in [0, 0.1) is 5.92 Å². The molecule has 1 aromatic rings. The Bertz CT molecular complexity index is 444. The van der Waals surface area contributed by atoms with Crippen molar-refractivity contribution in [1.82, 2.24) is 15.2 Å². The fraction of sp³-hybridized carbons (Fsp3) is 0.688. The van der Waals surface area contributed by atoms with Crippen molar-refractivity contribution < 1.29 is 4.79 Å². The average Bonchev–Trinajstić information content (AvgIpc) is 3.18. The minimum atomic E-state index is 0.0873. The van der Waals surface area contributed by atoms with Gasteiger partial charge < -0.3 is 15.2 Å². The van der Waals surface area contributed by atoms with Crippen LogP contribution in [-0.4, -0.2) is 30.1 Å². The Morgan fingerprint density at radius 3 is 2.85 bits per heavy atom. The Balaban J connectivity index is 1.52. The summed E-state index contributed by atoms with van der Waals surface area (Å²) in [5, 5.41) is 6.44. The highest BCUT2D eigenvalue weighted by molar-refractivity contribution is 5.92. The lowest BCUT2D eigenvalue weighted by Crippen LogP contribution is -2.32. The summed E-state index contributed by atoms with van der Waals surface area (Å²) in [5.74, 6) is 1.04. The zero-order valence-electron chi connectivity index (χ0n) is 12.1. The second-order valence-corrected chi connectivity index (χ2v) is 6.12. The normalized spacial score (nSPS) is 20.0. The lowest BCUT2D eigenvalue weighted by Gasteiger charge is -2.25. The smallest absolute Gasteiger partial charge is 0.267 e. The fourth-order valence-corrected chi connectivity index (χ4v) is 3.08. The topological polar surface area (TPSA) is 46.1 Å². The Morgan fingerprint density at radius 1 is 1.30 bits per heavy atom. The molecule has 2 heterocycles. The van der Waals surface area contributed by atoms with Gasteiger partial charge in [0.25, 0.3) is 5.91 Å². The largest absolute Gasteiger partial charge is 0.351 e. The summed E-state index contributed by atoms with van der Waals surface area (Å²) >= 11 is 0. The Kier molecular flexibility index (Phi) is 4.41. The van der Waals surface area contributed by atoms with Gasteiger partial charge in [-0.3, -0.25) is 4.79 Å².